The Hall–Kier alpha value is -1.10. The summed E-state index contributed by atoms with van der Waals surface area (Å²) in [7, 11) is 1.56. The second-order valence-corrected chi connectivity index (χ2v) is 5.80. The van der Waals surface area contributed by atoms with E-state index in [1.54, 1.807) is 13.2 Å². The van der Waals surface area contributed by atoms with Gasteiger partial charge in [-0.1, -0.05) is 39.1 Å². The molecule has 0 aliphatic carbocycles. The van der Waals surface area contributed by atoms with Crippen LogP contribution in [0.3, 0.4) is 0 Å². The van der Waals surface area contributed by atoms with Gasteiger partial charge in [-0.2, -0.15) is 0 Å². The molecule has 3 nitrogen and oxygen atoms in total. The largest absolute Gasteiger partial charge is 0.496 e. The van der Waals surface area contributed by atoms with Gasteiger partial charge in [0.25, 0.3) is 0 Å². The van der Waals surface area contributed by atoms with Crippen molar-refractivity contribution in [1.29, 1.82) is 0 Å². The molecule has 0 atom stereocenters. The Labute approximate surface area is 135 Å². The van der Waals surface area contributed by atoms with Crippen molar-refractivity contribution in [1.82, 2.24) is 4.98 Å². The van der Waals surface area contributed by atoms with Crippen molar-refractivity contribution in [3.8, 4) is 5.75 Å². The summed E-state index contributed by atoms with van der Waals surface area (Å²) >= 11 is 15.1. The van der Waals surface area contributed by atoms with Crippen molar-refractivity contribution in [2.45, 2.75) is 6.42 Å². The fourth-order valence-electron chi connectivity index (χ4n) is 1.76. The monoisotopic (exact) mass is 373 g/mol. The molecule has 0 saturated carbocycles. The zero-order valence-corrected chi connectivity index (χ0v) is 13.6. The van der Waals surface area contributed by atoms with Crippen molar-refractivity contribution >= 4 is 44.9 Å². The summed E-state index contributed by atoms with van der Waals surface area (Å²) in [6.07, 6.45) is 1.55. The highest BCUT2D eigenvalue weighted by Crippen LogP contribution is 2.26. The second kappa shape index (κ2) is 6.57. The summed E-state index contributed by atoms with van der Waals surface area (Å²) in [6, 6.07) is 6.98. The number of methoxy groups -OCH3 is 1. The Morgan fingerprint density at radius 2 is 2.10 bits per heavy atom. The lowest BCUT2D eigenvalue weighted by Crippen LogP contribution is -2.08. The SMILES string of the molecule is COc1ccc(Br)cc1CC(=O)c1ncc(Cl)cc1Cl. The molecule has 0 fully saturated rings. The number of carbonyl (C=O) groups excluding carboxylic acids is 1. The Balaban J connectivity index is 2.30. The molecule has 0 aliphatic heterocycles. The molecule has 0 amide bonds. The molecule has 20 heavy (non-hydrogen) atoms. The van der Waals surface area contributed by atoms with E-state index in [1.807, 2.05) is 12.1 Å². The number of ether oxygens (including phenoxy) is 1. The topological polar surface area (TPSA) is 39.2 Å². The van der Waals surface area contributed by atoms with Crippen LogP contribution >= 0.6 is 39.1 Å². The van der Waals surface area contributed by atoms with E-state index >= 15 is 0 Å². The number of carbonyl (C=O) groups is 1. The van der Waals surface area contributed by atoms with Gasteiger partial charge in [0, 0.05) is 22.7 Å². The number of hydrogen-bond donors (Lipinski definition) is 0. The standard InChI is InChI=1S/C14H10BrCl2NO2/c1-20-13-3-2-9(15)4-8(13)5-12(19)14-11(17)6-10(16)7-18-14/h2-4,6-7H,5H2,1H3. The van der Waals surface area contributed by atoms with Gasteiger partial charge < -0.3 is 4.74 Å². The molecular formula is C14H10BrCl2NO2. The zero-order chi connectivity index (χ0) is 14.7. The molecule has 0 aliphatic rings. The Morgan fingerprint density at radius 1 is 1.35 bits per heavy atom. The predicted octanol–water partition coefficient (Wildman–Crippen LogP) is 4.58. The fourth-order valence-corrected chi connectivity index (χ4v) is 2.66. The quantitative estimate of drug-likeness (QED) is 0.735. The number of rotatable bonds is 4. The first-order valence-electron chi connectivity index (χ1n) is 5.68. The van der Waals surface area contributed by atoms with Crippen LogP contribution in [-0.2, 0) is 6.42 Å². The van der Waals surface area contributed by atoms with Crippen LogP contribution in [0.2, 0.25) is 10.0 Å². The van der Waals surface area contributed by atoms with Crippen molar-refractivity contribution in [3.05, 3.63) is 56.2 Å². The lowest BCUT2D eigenvalue weighted by molar-refractivity contribution is 0.0987. The minimum atomic E-state index is -0.192. The van der Waals surface area contributed by atoms with Crippen LogP contribution in [0.4, 0.5) is 0 Å². The number of hydrogen-bond acceptors (Lipinski definition) is 3. The van der Waals surface area contributed by atoms with Crippen molar-refractivity contribution in [2.75, 3.05) is 7.11 Å². The summed E-state index contributed by atoms with van der Waals surface area (Å²) in [5, 5.41) is 0.642. The van der Waals surface area contributed by atoms with Crippen molar-refractivity contribution < 1.29 is 9.53 Å². The van der Waals surface area contributed by atoms with Crippen LogP contribution in [0.25, 0.3) is 0 Å². The van der Waals surface area contributed by atoms with Gasteiger partial charge >= 0.3 is 0 Å². The molecule has 0 spiro atoms. The molecular weight excluding hydrogens is 365 g/mol. The molecule has 0 N–H and O–H groups in total. The third-order valence-corrected chi connectivity index (χ3v) is 3.65. The first-order valence-corrected chi connectivity index (χ1v) is 7.23. The molecule has 0 bridgehead atoms. The average molecular weight is 375 g/mol. The van der Waals surface area contributed by atoms with Crippen LogP contribution in [0, 0.1) is 0 Å². The lowest BCUT2D eigenvalue weighted by atomic mass is 10.1. The van der Waals surface area contributed by atoms with E-state index in [2.05, 4.69) is 20.9 Å². The van der Waals surface area contributed by atoms with Crippen molar-refractivity contribution in [2.24, 2.45) is 0 Å². The van der Waals surface area contributed by atoms with E-state index in [4.69, 9.17) is 27.9 Å². The van der Waals surface area contributed by atoms with Gasteiger partial charge in [-0.25, -0.2) is 4.98 Å². The van der Waals surface area contributed by atoms with Crippen LogP contribution < -0.4 is 4.74 Å². The fraction of sp³-hybridized carbons (Fsp3) is 0.143. The van der Waals surface area contributed by atoms with Gasteiger partial charge in [-0.05, 0) is 24.3 Å². The molecule has 1 heterocycles. The average Bonchev–Trinajstić information content (AvgIpc) is 2.38. The van der Waals surface area contributed by atoms with Crippen molar-refractivity contribution in [3.63, 3.8) is 0 Å². The second-order valence-electron chi connectivity index (χ2n) is 4.04. The minimum Gasteiger partial charge on any atom is -0.496 e. The number of ketones is 1. The molecule has 0 unspecified atom stereocenters. The minimum absolute atomic E-state index is 0.150. The van der Waals surface area contributed by atoms with E-state index in [0.717, 1.165) is 10.0 Å². The Morgan fingerprint density at radius 3 is 2.75 bits per heavy atom. The van der Waals surface area contributed by atoms with Gasteiger partial charge in [-0.15, -0.1) is 0 Å². The lowest BCUT2D eigenvalue weighted by Gasteiger charge is -2.09. The van der Waals surface area contributed by atoms with E-state index in [1.165, 1.54) is 12.3 Å². The number of aromatic nitrogens is 1. The van der Waals surface area contributed by atoms with Gasteiger partial charge in [0.15, 0.2) is 5.78 Å². The summed E-state index contributed by atoms with van der Waals surface area (Å²) < 4.78 is 6.11. The normalized spacial score (nSPS) is 10.4. The third-order valence-electron chi connectivity index (χ3n) is 2.67. The number of nitrogens with zero attached hydrogens (tertiary/aromatic N) is 1. The van der Waals surface area contributed by atoms with Crippen LogP contribution in [0.1, 0.15) is 16.1 Å². The summed E-state index contributed by atoms with van der Waals surface area (Å²) in [5.74, 6) is 0.453. The third kappa shape index (κ3) is 3.51. The molecule has 1 aromatic carbocycles. The van der Waals surface area contributed by atoms with Crippen LogP contribution in [0.5, 0.6) is 5.75 Å². The molecule has 104 valence electrons. The highest BCUT2D eigenvalue weighted by atomic mass is 79.9. The molecule has 0 radical (unpaired) electrons. The van der Waals surface area contributed by atoms with Gasteiger partial charge in [0.1, 0.15) is 11.4 Å². The maximum Gasteiger partial charge on any atom is 0.187 e. The number of pyridine rings is 1. The van der Waals surface area contributed by atoms with E-state index in [-0.39, 0.29) is 22.9 Å². The van der Waals surface area contributed by atoms with E-state index < -0.39 is 0 Å². The number of benzene rings is 1. The molecule has 6 heteroatoms. The first-order chi connectivity index (χ1) is 9.51. The Bertz CT molecular complexity index is 662. The van der Waals surface area contributed by atoms with E-state index in [9.17, 15) is 4.79 Å². The highest BCUT2D eigenvalue weighted by molar-refractivity contribution is 9.10. The van der Waals surface area contributed by atoms with Gasteiger partial charge in [0.05, 0.1) is 17.2 Å². The summed E-state index contributed by atoms with van der Waals surface area (Å²) in [6.45, 7) is 0. The predicted molar refractivity (Wildman–Crippen MR) is 83.0 cm³/mol. The maximum atomic E-state index is 12.3. The van der Waals surface area contributed by atoms with Gasteiger partial charge in [0.2, 0.25) is 0 Å². The van der Waals surface area contributed by atoms with Crippen LogP contribution in [-0.4, -0.2) is 17.9 Å². The molecule has 1 aromatic heterocycles. The Kier molecular flexibility index (Phi) is 5.02. The maximum absolute atomic E-state index is 12.3. The van der Waals surface area contributed by atoms with E-state index in [0.29, 0.717) is 10.8 Å². The zero-order valence-electron chi connectivity index (χ0n) is 10.5. The molecule has 2 aromatic rings. The molecule has 0 saturated heterocycles. The number of halogens is 3. The smallest absolute Gasteiger partial charge is 0.187 e. The first kappa shape index (κ1) is 15.3. The number of Topliss-reactive ketones (excluding diaryl/α,β-unsaturated/α-hetero) is 1. The molecule has 2 rings (SSSR count). The van der Waals surface area contributed by atoms with Gasteiger partial charge in [-0.3, -0.25) is 4.79 Å². The summed E-state index contributed by atoms with van der Waals surface area (Å²) in [5.41, 5.74) is 0.970. The van der Waals surface area contributed by atoms with Crippen LogP contribution in [0.15, 0.2) is 34.9 Å². The summed E-state index contributed by atoms with van der Waals surface area (Å²) in [4.78, 5) is 16.3. The highest BCUT2D eigenvalue weighted by Gasteiger charge is 2.16.